The molecule has 1 N–H and O–H groups in total. The molecule has 164 valence electrons. The molecule has 1 unspecified atom stereocenters. The molecule has 0 fully saturated rings. The molecule has 32 heavy (non-hydrogen) atoms. The van der Waals surface area contributed by atoms with Gasteiger partial charge in [0.1, 0.15) is 5.82 Å². The molecule has 1 aromatic heterocycles. The predicted octanol–water partition coefficient (Wildman–Crippen LogP) is 3.59. The molecule has 1 aliphatic carbocycles. The van der Waals surface area contributed by atoms with Crippen LogP contribution in [0.15, 0.2) is 53.3 Å². The highest BCUT2D eigenvalue weighted by atomic mass is 16.3. The van der Waals surface area contributed by atoms with Crippen LogP contribution in [-0.4, -0.2) is 38.1 Å². The Bertz CT molecular complexity index is 1230. The van der Waals surface area contributed by atoms with E-state index in [-0.39, 0.29) is 29.6 Å². The van der Waals surface area contributed by atoms with Crippen molar-refractivity contribution in [3.63, 3.8) is 0 Å². The van der Waals surface area contributed by atoms with Gasteiger partial charge in [0, 0.05) is 18.5 Å². The maximum atomic E-state index is 13.3. The second-order valence-corrected chi connectivity index (χ2v) is 9.03. The van der Waals surface area contributed by atoms with E-state index < -0.39 is 11.3 Å². The molecule has 3 aromatic rings. The highest BCUT2D eigenvalue weighted by Gasteiger charge is 2.42. The number of aromatic nitrogens is 2. The van der Waals surface area contributed by atoms with E-state index in [0.717, 1.165) is 12.8 Å². The fourth-order valence-corrected chi connectivity index (χ4v) is 5.42. The summed E-state index contributed by atoms with van der Waals surface area (Å²) in [5.74, 6) is -0.484. The van der Waals surface area contributed by atoms with Gasteiger partial charge in [-0.3, -0.25) is 9.59 Å². The van der Waals surface area contributed by atoms with Gasteiger partial charge in [-0.25, -0.2) is 0 Å². The van der Waals surface area contributed by atoms with Crippen LogP contribution < -0.4 is 5.56 Å². The molecule has 1 aliphatic heterocycles. The molecule has 0 bridgehead atoms. The lowest BCUT2D eigenvalue weighted by atomic mass is 9.81. The van der Waals surface area contributed by atoms with E-state index in [9.17, 15) is 14.7 Å². The van der Waals surface area contributed by atoms with Crippen molar-refractivity contribution in [1.29, 1.82) is 0 Å². The van der Waals surface area contributed by atoms with Crippen LogP contribution >= 0.6 is 0 Å². The number of rotatable bonds is 2. The summed E-state index contributed by atoms with van der Waals surface area (Å²) in [6, 6.07) is 16.7. The molecule has 0 radical (unpaired) electrons. The molecule has 1 atom stereocenters. The summed E-state index contributed by atoms with van der Waals surface area (Å²) in [7, 11) is 0. The molecule has 5 rings (SSSR count). The zero-order chi connectivity index (χ0) is 22.6. The maximum Gasteiger partial charge on any atom is 0.315 e. The molecule has 1 amide bonds. The number of amides is 1. The highest BCUT2D eigenvalue weighted by Crippen LogP contribution is 2.44. The number of hydrogen-bond acceptors (Lipinski definition) is 4. The van der Waals surface area contributed by atoms with Gasteiger partial charge in [-0.05, 0) is 55.9 Å². The molecule has 2 aromatic carbocycles. The summed E-state index contributed by atoms with van der Waals surface area (Å²) in [5, 5.41) is 10.7. The van der Waals surface area contributed by atoms with Crippen LogP contribution in [0.25, 0.3) is 0 Å². The Balaban J connectivity index is 1.82. The third-order valence-corrected chi connectivity index (χ3v) is 6.91. The van der Waals surface area contributed by atoms with E-state index in [2.05, 4.69) is 53.5 Å². The Hall–Kier alpha value is -3.41. The van der Waals surface area contributed by atoms with Crippen molar-refractivity contribution < 1.29 is 9.90 Å². The first-order valence-electron chi connectivity index (χ1n) is 11.2. The van der Waals surface area contributed by atoms with E-state index in [1.165, 1.54) is 22.3 Å². The third-order valence-electron chi connectivity index (χ3n) is 6.91. The average Bonchev–Trinajstić information content (AvgIpc) is 2.94. The quantitative estimate of drug-likeness (QED) is 0.676. The number of carbonyl (C=O) groups is 1. The second kappa shape index (κ2) is 7.62. The smallest absolute Gasteiger partial charge is 0.315 e. The fraction of sp³-hybridized carbons (Fsp3) is 0.346. The van der Waals surface area contributed by atoms with Crippen LogP contribution in [-0.2, 0) is 12.8 Å². The molecule has 2 aliphatic rings. The molecule has 6 nitrogen and oxygen atoms in total. The number of benzene rings is 2. The summed E-state index contributed by atoms with van der Waals surface area (Å²) in [4.78, 5) is 31.5. The lowest BCUT2D eigenvalue weighted by Gasteiger charge is -2.42. The van der Waals surface area contributed by atoms with Crippen LogP contribution in [0.2, 0.25) is 0 Å². The number of nitrogens with zero attached hydrogens (tertiary/aromatic N) is 3. The van der Waals surface area contributed by atoms with E-state index in [0.29, 0.717) is 12.4 Å². The minimum atomic E-state index is -0.756. The molecule has 0 spiro atoms. The summed E-state index contributed by atoms with van der Waals surface area (Å²) in [5.41, 5.74) is 4.33. The van der Waals surface area contributed by atoms with Gasteiger partial charge in [-0.1, -0.05) is 48.5 Å². The fourth-order valence-electron chi connectivity index (χ4n) is 5.42. The van der Waals surface area contributed by atoms with Gasteiger partial charge in [0.2, 0.25) is 5.75 Å². The van der Waals surface area contributed by atoms with E-state index in [4.69, 9.17) is 0 Å². The van der Waals surface area contributed by atoms with Crippen molar-refractivity contribution in [2.24, 2.45) is 0 Å². The predicted molar refractivity (Wildman–Crippen MR) is 122 cm³/mol. The monoisotopic (exact) mass is 429 g/mol. The van der Waals surface area contributed by atoms with Crippen molar-refractivity contribution in [3.8, 4) is 5.75 Å². The molecular formula is C26H27N3O3. The summed E-state index contributed by atoms with van der Waals surface area (Å²) >= 11 is 0. The SMILES string of the molecule is Cc1nc(=O)c(O)c2n1C(C1c3ccccc3CCc3ccccc31)CN(C(C)C)C2=O. The minimum absolute atomic E-state index is 0.0413. The van der Waals surface area contributed by atoms with Crippen LogP contribution in [0.1, 0.15) is 64.4 Å². The molecular weight excluding hydrogens is 402 g/mol. The summed E-state index contributed by atoms with van der Waals surface area (Å²) < 4.78 is 1.81. The van der Waals surface area contributed by atoms with E-state index >= 15 is 0 Å². The molecule has 2 heterocycles. The topological polar surface area (TPSA) is 75.4 Å². The van der Waals surface area contributed by atoms with Crippen molar-refractivity contribution in [2.45, 2.75) is 51.6 Å². The van der Waals surface area contributed by atoms with Gasteiger partial charge in [0.25, 0.3) is 5.91 Å². The Kier molecular flexibility index (Phi) is 4.88. The Morgan fingerprint density at radius 1 is 0.969 bits per heavy atom. The van der Waals surface area contributed by atoms with Crippen molar-refractivity contribution in [3.05, 3.63) is 92.7 Å². The van der Waals surface area contributed by atoms with Gasteiger partial charge in [-0.2, -0.15) is 4.98 Å². The van der Waals surface area contributed by atoms with Crippen molar-refractivity contribution in [1.82, 2.24) is 14.5 Å². The number of aromatic hydroxyl groups is 1. The standard InChI is InChI=1S/C26H27N3O3/c1-15(2)28-14-21(29-16(3)27-25(31)24(30)23(29)26(28)32)22-19-10-6-4-8-17(19)12-13-18-9-5-7-11-20(18)22/h4-11,15,21-22,30H,12-14H2,1-3H3. The van der Waals surface area contributed by atoms with Crippen LogP contribution in [0, 0.1) is 6.92 Å². The van der Waals surface area contributed by atoms with E-state index in [1.807, 2.05) is 18.4 Å². The van der Waals surface area contributed by atoms with Gasteiger partial charge in [-0.15, -0.1) is 0 Å². The van der Waals surface area contributed by atoms with Crippen molar-refractivity contribution >= 4 is 5.91 Å². The molecule has 6 heteroatoms. The van der Waals surface area contributed by atoms with Gasteiger partial charge in [0.05, 0.1) is 6.04 Å². The van der Waals surface area contributed by atoms with Crippen molar-refractivity contribution in [2.75, 3.05) is 6.54 Å². The Labute approximate surface area is 187 Å². The lowest BCUT2D eigenvalue weighted by Crippen LogP contribution is -2.50. The van der Waals surface area contributed by atoms with Gasteiger partial charge in [0.15, 0.2) is 5.69 Å². The lowest BCUT2D eigenvalue weighted by molar-refractivity contribution is 0.0582. The molecule has 0 saturated heterocycles. The first kappa shape index (κ1) is 20.5. The number of aryl methyl sites for hydroxylation is 3. The summed E-state index contributed by atoms with van der Waals surface area (Å²) in [6.45, 7) is 6.14. The first-order valence-corrected chi connectivity index (χ1v) is 11.2. The average molecular weight is 430 g/mol. The zero-order valence-corrected chi connectivity index (χ0v) is 18.6. The Morgan fingerprint density at radius 3 is 2.09 bits per heavy atom. The summed E-state index contributed by atoms with van der Waals surface area (Å²) in [6.07, 6.45) is 1.89. The number of hydrogen-bond donors (Lipinski definition) is 1. The Morgan fingerprint density at radius 2 is 1.53 bits per heavy atom. The maximum absolute atomic E-state index is 13.3. The highest BCUT2D eigenvalue weighted by molar-refractivity contribution is 5.96. The minimum Gasteiger partial charge on any atom is -0.501 e. The first-order chi connectivity index (χ1) is 15.4. The van der Waals surface area contributed by atoms with Gasteiger partial charge < -0.3 is 14.6 Å². The van der Waals surface area contributed by atoms with Crippen LogP contribution in [0.3, 0.4) is 0 Å². The zero-order valence-electron chi connectivity index (χ0n) is 18.6. The second-order valence-electron chi connectivity index (χ2n) is 9.03. The van der Waals surface area contributed by atoms with Crippen LogP contribution in [0.5, 0.6) is 5.75 Å². The number of carbonyl (C=O) groups excluding carboxylic acids is 1. The normalized spacial score (nSPS) is 18.2. The third kappa shape index (κ3) is 3.05. The van der Waals surface area contributed by atoms with Crippen LogP contribution in [0.4, 0.5) is 0 Å². The number of fused-ring (bicyclic) bond motifs is 3. The van der Waals surface area contributed by atoms with Gasteiger partial charge >= 0.3 is 5.56 Å². The largest absolute Gasteiger partial charge is 0.501 e. The molecule has 0 saturated carbocycles. The van der Waals surface area contributed by atoms with E-state index in [1.54, 1.807) is 11.8 Å².